The van der Waals surface area contributed by atoms with Crippen LogP contribution in [0, 0.1) is 0 Å². The first-order valence-corrected chi connectivity index (χ1v) is 7.57. The van der Waals surface area contributed by atoms with Crippen LogP contribution in [-0.4, -0.2) is 36.5 Å². The van der Waals surface area contributed by atoms with Crippen molar-refractivity contribution in [1.29, 1.82) is 0 Å². The highest BCUT2D eigenvalue weighted by Gasteiger charge is 2.49. The van der Waals surface area contributed by atoms with E-state index in [1.54, 1.807) is 26.8 Å². The van der Waals surface area contributed by atoms with Crippen molar-refractivity contribution in [1.82, 2.24) is 5.32 Å². The molecule has 0 heterocycles. The number of carbonyl (C=O) groups excluding carboxylic acids is 3. The number of esters is 2. The van der Waals surface area contributed by atoms with Gasteiger partial charge in [0, 0.05) is 12.8 Å². The highest BCUT2D eigenvalue weighted by molar-refractivity contribution is 5.95. The quantitative estimate of drug-likeness (QED) is 0.517. The van der Waals surface area contributed by atoms with E-state index in [4.69, 9.17) is 9.47 Å². The first-order chi connectivity index (χ1) is 11.1. The number of rotatable bonds is 4. The Morgan fingerprint density at radius 1 is 1.08 bits per heavy atom. The number of alkyl carbamates (subject to hydrolysis) is 1. The molecule has 130 valence electrons. The molecule has 0 aliphatic heterocycles. The fourth-order valence-corrected chi connectivity index (χ4v) is 1.98. The summed E-state index contributed by atoms with van der Waals surface area (Å²) in [6.07, 6.45) is 0.375. The van der Waals surface area contributed by atoms with E-state index < -0.39 is 29.4 Å². The molecule has 1 aliphatic carbocycles. The van der Waals surface area contributed by atoms with E-state index in [9.17, 15) is 14.4 Å². The van der Waals surface area contributed by atoms with Gasteiger partial charge in [-0.25, -0.2) is 14.4 Å². The molecule has 7 heteroatoms. The predicted octanol–water partition coefficient (Wildman–Crippen LogP) is 2.64. The number of hydrogen-bond acceptors (Lipinski definition) is 6. The van der Waals surface area contributed by atoms with Gasteiger partial charge in [-0.15, -0.1) is 0 Å². The van der Waals surface area contributed by atoms with Gasteiger partial charge in [0.25, 0.3) is 0 Å². The number of amides is 1. The number of methoxy groups -OCH3 is 1. The number of carbonyl (C=O) groups is 3. The lowest BCUT2D eigenvalue weighted by molar-refractivity contribution is 0.00157. The second-order valence-corrected chi connectivity index (χ2v) is 6.58. The summed E-state index contributed by atoms with van der Waals surface area (Å²) in [5.41, 5.74) is -1.23. The molecule has 1 aromatic carbocycles. The van der Waals surface area contributed by atoms with Gasteiger partial charge in [-0.2, -0.15) is 0 Å². The molecular formula is C17H21NO6. The Morgan fingerprint density at radius 3 is 2.17 bits per heavy atom. The Labute approximate surface area is 140 Å². The van der Waals surface area contributed by atoms with Crippen molar-refractivity contribution in [2.75, 3.05) is 7.11 Å². The van der Waals surface area contributed by atoms with Crippen LogP contribution >= 0.6 is 0 Å². The third kappa shape index (κ3) is 4.71. The Kier molecular flexibility index (Phi) is 4.82. The minimum Gasteiger partial charge on any atom is -0.465 e. The highest BCUT2D eigenvalue weighted by atomic mass is 16.6. The molecule has 0 aromatic heterocycles. The van der Waals surface area contributed by atoms with Crippen LogP contribution < -0.4 is 5.32 Å². The van der Waals surface area contributed by atoms with Gasteiger partial charge in [0.05, 0.1) is 18.2 Å². The maximum absolute atomic E-state index is 12.3. The average molecular weight is 335 g/mol. The third-order valence-corrected chi connectivity index (χ3v) is 3.24. The van der Waals surface area contributed by atoms with E-state index in [0.717, 1.165) is 0 Å². The second kappa shape index (κ2) is 6.51. The summed E-state index contributed by atoms with van der Waals surface area (Å²) in [6.45, 7) is 5.24. The summed E-state index contributed by atoms with van der Waals surface area (Å²) >= 11 is 0. The van der Waals surface area contributed by atoms with Crippen molar-refractivity contribution in [2.45, 2.75) is 44.9 Å². The molecular weight excluding hydrogens is 314 g/mol. The summed E-state index contributed by atoms with van der Waals surface area (Å²) in [4.78, 5) is 35.6. The topological polar surface area (TPSA) is 90.9 Å². The van der Waals surface area contributed by atoms with E-state index in [-0.39, 0.29) is 11.1 Å². The normalized spacial score (nSPS) is 15.2. The first kappa shape index (κ1) is 17.8. The summed E-state index contributed by atoms with van der Waals surface area (Å²) in [6, 6.07) is 6.01. The molecule has 0 saturated heterocycles. The number of benzene rings is 1. The van der Waals surface area contributed by atoms with Crippen LogP contribution in [0.15, 0.2) is 24.3 Å². The Balaban J connectivity index is 2.02. The highest BCUT2D eigenvalue weighted by Crippen LogP contribution is 2.37. The minimum absolute atomic E-state index is 0.204. The zero-order chi connectivity index (χ0) is 18.0. The molecule has 1 aromatic rings. The van der Waals surface area contributed by atoms with Gasteiger partial charge in [-0.05, 0) is 39.0 Å². The molecule has 0 unspecified atom stereocenters. The van der Waals surface area contributed by atoms with Crippen LogP contribution in [0.2, 0.25) is 0 Å². The Morgan fingerprint density at radius 2 is 1.67 bits per heavy atom. The van der Waals surface area contributed by atoms with E-state index in [0.29, 0.717) is 12.8 Å². The molecule has 0 spiro atoms. The van der Waals surface area contributed by atoms with Crippen LogP contribution in [0.4, 0.5) is 4.79 Å². The van der Waals surface area contributed by atoms with Crippen molar-refractivity contribution in [2.24, 2.45) is 0 Å². The van der Waals surface area contributed by atoms with Crippen molar-refractivity contribution < 1.29 is 28.6 Å². The zero-order valence-corrected chi connectivity index (χ0v) is 14.2. The standard InChI is InChI=1S/C17H21NO6/c1-16(2,3)24-15(21)18-17(8-9-17)23-14(20)12-7-5-6-11(10-12)13(19)22-4/h5-7,10H,8-9H2,1-4H3,(H,18,21). The maximum atomic E-state index is 12.3. The zero-order valence-electron chi connectivity index (χ0n) is 14.2. The fourth-order valence-electron chi connectivity index (χ4n) is 1.98. The van der Waals surface area contributed by atoms with Crippen molar-refractivity contribution in [3.63, 3.8) is 0 Å². The molecule has 24 heavy (non-hydrogen) atoms. The summed E-state index contributed by atoms with van der Waals surface area (Å²) < 4.78 is 15.2. The van der Waals surface area contributed by atoms with Gasteiger partial charge in [-0.3, -0.25) is 5.32 Å². The average Bonchev–Trinajstić information content (AvgIpc) is 3.23. The van der Waals surface area contributed by atoms with Crippen LogP contribution in [0.5, 0.6) is 0 Å². The van der Waals surface area contributed by atoms with Gasteiger partial charge in [0.2, 0.25) is 0 Å². The monoisotopic (exact) mass is 335 g/mol. The van der Waals surface area contributed by atoms with E-state index in [1.165, 1.54) is 25.3 Å². The van der Waals surface area contributed by atoms with E-state index in [1.807, 2.05) is 0 Å². The first-order valence-electron chi connectivity index (χ1n) is 7.57. The largest absolute Gasteiger partial charge is 0.465 e. The molecule has 1 aliphatic rings. The molecule has 1 saturated carbocycles. The molecule has 0 atom stereocenters. The maximum Gasteiger partial charge on any atom is 0.410 e. The van der Waals surface area contributed by atoms with Gasteiger partial charge >= 0.3 is 18.0 Å². The minimum atomic E-state index is -1.04. The second-order valence-electron chi connectivity index (χ2n) is 6.58. The van der Waals surface area contributed by atoms with E-state index in [2.05, 4.69) is 10.1 Å². The lowest BCUT2D eigenvalue weighted by Gasteiger charge is -2.23. The smallest absolute Gasteiger partial charge is 0.410 e. The van der Waals surface area contributed by atoms with Gasteiger partial charge in [0.1, 0.15) is 5.60 Å². The van der Waals surface area contributed by atoms with E-state index >= 15 is 0 Å². The summed E-state index contributed by atoms with van der Waals surface area (Å²) in [5, 5.41) is 2.58. The van der Waals surface area contributed by atoms with Crippen molar-refractivity contribution in [3.05, 3.63) is 35.4 Å². The molecule has 1 N–H and O–H groups in total. The molecule has 1 fully saturated rings. The lowest BCUT2D eigenvalue weighted by Crippen LogP contribution is -2.43. The van der Waals surface area contributed by atoms with Crippen LogP contribution in [0.1, 0.15) is 54.3 Å². The SMILES string of the molecule is COC(=O)c1cccc(C(=O)OC2(NC(=O)OC(C)(C)C)CC2)c1. The lowest BCUT2D eigenvalue weighted by atomic mass is 10.1. The Hall–Kier alpha value is -2.57. The third-order valence-electron chi connectivity index (χ3n) is 3.24. The number of hydrogen-bond donors (Lipinski definition) is 1. The summed E-state index contributed by atoms with van der Waals surface area (Å²) in [5.74, 6) is -1.17. The molecule has 0 radical (unpaired) electrons. The van der Waals surface area contributed by atoms with Crippen LogP contribution in [0.3, 0.4) is 0 Å². The number of ether oxygens (including phenoxy) is 3. The van der Waals surface area contributed by atoms with Crippen LogP contribution in [-0.2, 0) is 14.2 Å². The number of nitrogens with one attached hydrogen (secondary N) is 1. The predicted molar refractivity (Wildman–Crippen MR) is 84.5 cm³/mol. The van der Waals surface area contributed by atoms with Crippen LogP contribution in [0.25, 0.3) is 0 Å². The summed E-state index contributed by atoms with van der Waals surface area (Å²) in [7, 11) is 1.26. The van der Waals surface area contributed by atoms with Gasteiger partial charge < -0.3 is 14.2 Å². The van der Waals surface area contributed by atoms with Crippen molar-refractivity contribution in [3.8, 4) is 0 Å². The Bertz CT molecular complexity index is 657. The molecule has 7 nitrogen and oxygen atoms in total. The molecule has 2 rings (SSSR count). The fraction of sp³-hybridized carbons (Fsp3) is 0.471. The van der Waals surface area contributed by atoms with Crippen molar-refractivity contribution >= 4 is 18.0 Å². The molecule has 1 amide bonds. The van der Waals surface area contributed by atoms with Gasteiger partial charge in [-0.1, -0.05) is 6.07 Å². The van der Waals surface area contributed by atoms with Gasteiger partial charge in [0.15, 0.2) is 5.72 Å². The molecule has 0 bridgehead atoms.